The van der Waals surface area contributed by atoms with Crippen LogP contribution >= 0.6 is 11.6 Å². The summed E-state index contributed by atoms with van der Waals surface area (Å²) in [4.78, 5) is 11.3. The number of anilines is 1. The number of nitrogens with one attached hydrogen (secondary N) is 1. The third kappa shape index (κ3) is 2.67. The normalized spacial score (nSPS) is 22.6. The van der Waals surface area contributed by atoms with Gasteiger partial charge >= 0.3 is 0 Å². The van der Waals surface area contributed by atoms with Gasteiger partial charge in [0.15, 0.2) is 6.61 Å². The third-order valence-electron chi connectivity index (χ3n) is 3.56. The molecule has 9 heteroatoms. The first kappa shape index (κ1) is 15.5. The molecule has 3 rings (SSSR count). The molecule has 2 heterocycles. The highest BCUT2D eigenvalue weighted by atomic mass is 35.5. The molecule has 1 saturated heterocycles. The maximum Gasteiger partial charge on any atom is 0.262 e. The van der Waals surface area contributed by atoms with Crippen molar-refractivity contribution in [1.29, 1.82) is 0 Å². The minimum Gasteiger partial charge on any atom is -0.482 e. The van der Waals surface area contributed by atoms with E-state index in [1.165, 1.54) is 16.4 Å². The molecule has 0 unspecified atom stereocenters. The number of nitrogens with zero attached hydrogens (tertiary/aromatic N) is 1. The van der Waals surface area contributed by atoms with Crippen molar-refractivity contribution in [2.45, 2.75) is 17.9 Å². The lowest BCUT2D eigenvalue weighted by Crippen LogP contribution is -2.47. The zero-order chi connectivity index (χ0) is 15.9. The summed E-state index contributed by atoms with van der Waals surface area (Å²) in [5.74, 6) is -0.00976. The van der Waals surface area contributed by atoms with Crippen LogP contribution in [0, 0.1) is 0 Å². The Hall–Kier alpha value is -1.35. The predicted molar refractivity (Wildman–Crippen MR) is 79.7 cm³/mol. The van der Waals surface area contributed by atoms with E-state index < -0.39 is 10.0 Å². The molecule has 7 nitrogen and oxygen atoms in total. The number of morpholine rings is 1. The molecule has 22 heavy (non-hydrogen) atoms. The topological polar surface area (TPSA) is 84.9 Å². The zero-order valence-electron chi connectivity index (χ0n) is 11.8. The number of hydrogen-bond acceptors (Lipinski definition) is 5. The Balaban J connectivity index is 2.02. The fourth-order valence-electron chi connectivity index (χ4n) is 2.47. The number of hydrogen-bond donors (Lipinski definition) is 1. The first-order valence-corrected chi connectivity index (χ1v) is 8.57. The summed E-state index contributed by atoms with van der Waals surface area (Å²) in [6.45, 7) is 2.59. The van der Waals surface area contributed by atoms with Crippen LogP contribution in [0.25, 0.3) is 0 Å². The van der Waals surface area contributed by atoms with Crippen LogP contribution in [0.5, 0.6) is 5.75 Å². The van der Waals surface area contributed by atoms with Gasteiger partial charge in [-0.25, -0.2) is 8.42 Å². The molecule has 1 N–H and O–H groups in total. The Labute approximate surface area is 133 Å². The van der Waals surface area contributed by atoms with Crippen molar-refractivity contribution in [2.75, 3.05) is 31.7 Å². The fraction of sp³-hybridized carbons (Fsp3) is 0.462. The second-order valence-corrected chi connectivity index (χ2v) is 7.42. The number of ether oxygens (including phenoxy) is 2. The molecule has 1 aromatic carbocycles. The Kier molecular flexibility index (Phi) is 4.02. The van der Waals surface area contributed by atoms with E-state index in [0.717, 1.165) is 0 Å². The van der Waals surface area contributed by atoms with Gasteiger partial charge in [0.2, 0.25) is 10.0 Å². The second kappa shape index (κ2) is 5.69. The van der Waals surface area contributed by atoms with Crippen molar-refractivity contribution in [1.82, 2.24) is 4.31 Å². The van der Waals surface area contributed by atoms with Gasteiger partial charge in [-0.1, -0.05) is 11.6 Å². The Morgan fingerprint density at radius 2 is 2.18 bits per heavy atom. The van der Waals surface area contributed by atoms with E-state index in [2.05, 4.69) is 5.32 Å². The summed E-state index contributed by atoms with van der Waals surface area (Å²) in [6, 6.07) is 2.48. The molecule has 0 spiro atoms. The van der Waals surface area contributed by atoms with Crippen LogP contribution in [-0.2, 0) is 19.6 Å². The smallest absolute Gasteiger partial charge is 0.262 e. The Morgan fingerprint density at radius 1 is 1.41 bits per heavy atom. The number of fused-ring (bicyclic) bond motifs is 1. The van der Waals surface area contributed by atoms with Gasteiger partial charge in [-0.15, -0.1) is 0 Å². The van der Waals surface area contributed by atoms with E-state index in [9.17, 15) is 13.2 Å². The molecule has 0 aromatic heterocycles. The highest BCUT2D eigenvalue weighted by molar-refractivity contribution is 7.89. The minimum atomic E-state index is -3.76. The van der Waals surface area contributed by atoms with E-state index >= 15 is 0 Å². The van der Waals surface area contributed by atoms with Gasteiger partial charge in [-0.05, 0) is 13.0 Å². The van der Waals surface area contributed by atoms with Crippen LogP contribution in [0.3, 0.4) is 0 Å². The number of carbonyl (C=O) groups excluding carboxylic acids is 1. The van der Waals surface area contributed by atoms with Crippen LogP contribution < -0.4 is 10.1 Å². The molecular weight excluding hydrogens is 332 g/mol. The first-order valence-electron chi connectivity index (χ1n) is 6.75. The molecule has 0 radical (unpaired) electrons. The number of carbonyl (C=O) groups is 1. The molecule has 1 amide bonds. The summed E-state index contributed by atoms with van der Waals surface area (Å²) in [5.41, 5.74) is 0.371. The van der Waals surface area contributed by atoms with Crippen LogP contribution in [0.15, 0.2) is 17.0 Å². The SMILES string of the molecule is C[C@@H]1COCCN1S(=O)(=O)c1cc2c(cc1Cl)NC(=O)CO2. The van der Waals surface area contributed by atoms with Crippen LogP contribution in [0.2, 0.25) is 5.02 Å². The van der Waals surface area contributed by atoms with Crippen molar-refractivity contribution >= 4 is 33.2 Å². The molecule has 1 atom stereocenters. The van der Waals surface area contributed by atoms with Crippen molar-refractivity contribution in [3.05, 3.63) is 17.2 Å². The van der Waals surface area contributed by atoms with Crippen molar-refractivity contribution < 1.29 is 22.7 Å². The van der Waals surface area contributed by atoms with Crippen LogP contribution in [0.1, 0.15) is 6.92 Å². The van der Waals surface area contributed by atoms with Crippen molar-refractivity contribution in [2.24, 2.45) is 0 Å². The second-order valence-electron chi connectivity index (χ2n) is 5.16. The Bertz CT molecular complexity index is 721. The predicted octanol–water partition coefficient (Wildman–Crippen LogP) is 1.08. The number of amides is 1. The molecule has 1 aromatic rings. The van der Waals surface area contributed by atoms with Gasteiger partial charge in [0, 0.05) is 18.7 Å². The summed E-state index contributed by atoms with van der Waals surface area (Å²) in [6.07, 6.45) is 0. The standard InChI is InChI=1S/C13H15ClN2O5S/c1-8-6-20-3-2-16(8)22(18,19)12-5-11-10(4-9(12)14)15-13(17)7-21-11/h4-5,8H,2-3,6-7H2,1H3,(H,15,17)/t8-/m1/s1. The molecule has 1 fully saturated rings. The summed E-state index contributed by atoms with van der Waals surface area (Å²) < 4.78 is 37.5. The zero-order valence-corrected chi connectivity index (χ0v) is 13.4. The lowest BCUT2D eigenvalue weighted by molar-refractivity contribution is -0.118. The van der Waals surface area contributed by atoms with Gasteiger partial charge in [0.25, 0.3) is 5.91 Å². The largest absolute Gasteiger partial charge is 0.482 e. The number of sulfonamides is 1. The molecular formula is C13H15ClN2O5S. The fourth-order valence-corrected chi connectivity index (χ4v) is 4.59. The number of halogens is 1. The monoisotopic (exact) mass is 346 g/mol. The average molecular weight is 347 g/mol. The maximum atomic E-state index is 12.8. The highest BCUT2D eigenvalue weighted by Crippen LogP contribution is 2.37. The van der Waals surface area contributed by atoms with E-state index in [-0.39, 0.29) is 35.0 Å². The van der Waals surface area contributed by atoms with Gasteiger partial charge in [0.1, 0.15) is 10.6 Å². The van der Waals surface area contributed by atoms with Crippen molar-refractivity contribution in [3.8, 4) is 5.75 Å². The lowest BCUT2D eigenvalue weighted by Gasteiger charge is -2.32. The van der Waals surface area contributed by atoms with Gasteiger partial charge in [-0.2, -0.15) is 4.31 Å². The van der Waals surface area contributed by atoms with Crippen LogP contribution in [-0.4, -0.2) is 51.0 Å². The van der Waals surface area contributed by atoms with E-state index in [1.54, 1.807) is 6.92 Å². The number of benzene rings is 1. The summed E-state index contributed by atoms with van der Waals surface area (Å²) in [7, 11) is -3.76. The minimum absolute atomic E-state index is 0.0298. The molecule has 0 aliphatic carbocycles. The lowest BCUT2D eigenvalue weighted by atomic mass is 10.2. The molecule has 0 bridgehead atoms. The Morgan fingerprint density at radius 3 is 2.91 bits per heavy atom. The molecule has 0 saturated carbocycles. The van der Waals surface area contributed by atoms with E-state index in [4.69, 9.17) is 21.1 Å². The molecule has 2 aliphatic rings. The maximum absolute atomic E-state index is 12.8. The molecule has 120 valence electrons. The summed E-state index contributed by atoms with van der Waals surface area (Å²) >= 11 is 6.12. The van der Waals surface area contributed by atoms with E-state index in [0.29, 0.717) is 24.7 Å². The highest BCUT2D eigenvalue weighted by Gasteiger charge is 2.34. The van der Waals surface area contributed by atoms with E-state index in [1.807, 2.05) is 0 Å². The number of rotatable bonds is 2. The molecule has 2 aliphatic heterocycles. The summed E-state index contributed by atoms with van der Waals surface area (Å²) in [5, 5.41) is 2.64. The van der Waals surface area contributed by atoms with Crippen molar-refractivity contribution in [3.63, 3.8) is 0 Å². The van der Waals surface area contributed by atoms with Gasteiger partial charge < -0.3 is 14.8 Å². The first-order chi connectivity index (χ1) is 10.4. The van der Waals surface area contributed by atoms with Gasteiger partial charge in [-0.3, -0.25) is 4.79 Å². The van der Waals surface area contributed by atoms with Gasteiger partial charge in [0.05, 0.1) is 23.9 Å². The van der Waals surface area contributed by atoms with Crippen LogP contribution in [0.4, 0.5) is 5.69 Å². The third-order valence-corrected chi connectivity index (χ3v) is 6.04. The average Bonchev–Trinajstić information content (AvgIpc) is 2.46. The quantitative estimate of drug-likeness (QED) is 0.866.